The molecule has 0 aliphatic carbocycles. The van der Waals surface area contributed by atoms with Gasteiger partial charge in [0.1, 0.15) is 0 Å². The van der Waals surface area contributed by atoms with Crippen LogP contribution in [-0.4, -0.2) is 37.2 Å². The minimum atomic E-state index is -4.02. The first-order valence-corrected chi connectivity index (χ1v) is 15.0. The van der Waals surface area contributed by atoms with Crippen molar-refractivity contribution in [1.29, 1.82) is 0 Å². The maximum absolute atomic E-state index is 12.1. The van der Waals surface area contributed by atoms with Gasteiger partial charge >= 0.3 is 29.9 Å². The topological polar surface area (TPSA) is 174 Å². The van der Waals surface area contributed by atoms with Crippen LogP contribution in [0.3, 0.4) is 0 Å². The first-order valence-electron chi connectivity index (χ1n) is 12.1. The van der Waals surface area contributed by atoms with Crippen LogP contribution in [0.4, 0.5) is 11.4 Å². The molecule has 0 unspecified atom stereocenters. The van der Waals surface area contributed by atoms with Crippen molar-refractivity contribution in [2.75, 3.05) is 0 Å². The predicted octanol–water partition coefficient (Wildman–Crippen LogP) is 6.26. The predicted molar refractivity (Wildman–Crippen MR) is 153 cm³/mol. The normalized spacial score (nSPS) is 11.0. The summed E-state index contributed by atoms with van der Waals surface area (Å²) in [6.07, 6.45) is 0. The summed E-state index contributed by atoms with van der Waals surface area (Å²) in [5.74, 6) is 0.273. The summed E-state index contributed by atoms with van der Waals surface area (Å²) in [7, 11) is -8.03. The van der Waals surface area contributed by atoms with E-state index in [0.29, 0.717) is 22.5 Å². The molecule has 6 rings (SSSR count). The van der Waals surface area contributed by atoms with Gasteiger partial charge in [-0.15, -0.1) is 21.6 Å². The molecule has 4 aromatic carbocycles. The second-order valence-electron chi connectivity index (χ2n) is 8.28. The Hall–Kier alpha value is -4.72. The van der Waals surface area contributed by atoms with E-state index in [0.717, 1.165) is 0 Å². The molecule has 0 aliphatic rings. The van der Waals surface area contributed by atoms with Gasteiger partial charge < -0.3 is 18.3 Å². The number of sulfonamides is 2. The maximum Gasteiger partial charge on any atom is 2.00 e. The number of aromatic nitrogens is 4. The van der Waals surface area contributed by atoms with Crippen molar-refractivity contribution in [2.24, 2.45) is 0 Å². The van der Waals surface area contributed by atoms with Crippen LogP contribution in [0.2, 0.25) is 0 Å². The molecule has 6 aromatic rings. The van der Waals surface area contributed by atoms with Crippen LogP contribution < -0.4 is 0 Å². The fourth-order valence-electron chi connectivity index (χ4n) is 3.36. The van der Waals surface area contributed by atoms with Gasteiger partial charge in [-0.1, -0.05) is 107 Å². The van der Waals surface area contributed by atoms with Gasteiger partial charge in [-0.25, -0.2) is 16.8 Å². The third-order valence-corrected chi connectivity index (χ3v) is 7.37. The smallest absolute Gasteiger partial charge is 0.569 e. The van der Waals surface area contributed by atoms with Gasteiger partial charge in [-0.3, -0.25) is 0 Å². The summed E-state index contributed by atoms with van der Waals surface area (Å²) in [5.41, 5.74) is 1.89. The quantitative estimate of drug-likeness (QED) is 0.169. The Morgan fingerprint density at radius 1 is 0.442 bits per heavy atom. The van der Waals surface area contributed by atoms with Gasteiger partial charge in [0.15, 0.2) is 20.0 Å². The Morgan fingerprint density at radius 2 is 0.744 bits per heavy atom. The summed E-state index contributed by atoms with van der Waals surface area (Å²) >= 11 is 0. The van der Waals surface area contributed by atoms with E-state index in [4.69, 9.17) is 8.83 Å². The van der Waals surface area contributed by atoms with Crippen molar-refractivity contribution in [2.45, 2.75) is 10.4 Å². The molecule has 0 atom stereocenters. The first-order chi connectivity index (χ1) is 20.3. The van der Waals surface area contributed by atoms with Gasteiger partial charge in [0.2, 0.25) is 11.8 Å². The third kappa shape index (κ3) is 8.19. The molecule has 12 nitrogen and oxygen atoms in total. The molecule has 0 N–H and O–H groups in total. The van der Waals surface area contributed by atoms with E-state index in [9.17, 15) is 16.8 Å². The second-order valence-corrected chi connectivity index (χ2v) is 11.2. The summed E-state index contributed by atoms with van der Waals surface area (Å²) in [6, 6.07) is 34.4. The first kappa shape index (κ1) is 31.2. The van der Waals surface area contributed by atoms with E-state index < -0.39 is 30.5 Å². The van der Waals surface area contributed by atoms with Gasteiger partial charge in [-0.2, -0.15) is 0 Å². The summed E-state index contributed by atoms with van der Waals surface area (Å²) < 4.78 is 66.0. The number of hydrogen-bond donors (Lipinski definition) is 0. The van der Waals surface area contributed by atoms with Crippen LogP contribution in [-0.2, 0) is 39.5 Å². The number of benzene rings is 4. The van der Waals surface area contributed by atoms with Crippen molar-refractivity contribution in [3.8, 4) is 22.9 Å². The third-order valence-electron chi connectivity index (χ3n) is 5.26. The van der Waals surface area contributed by atoms with Gasteiger partial charge in [0, 0.05) is 11.1 Å². The molecule has 0 amide bonds. The van der Waals surface area contributed by atoms with Gasteiger partial charge in [-0.05, 0) is 24.3 Å². The molecular weight excluding hydrogens is 646 g/mol. The molecule has 15 heteroatoms. The van der Waals surface area contributed by atoms with Crippen molar-refractivity contribution in [1.82, 2.24) is 20.4 Å². The molecule has 0 fully saturated rings. The molecule has 0 spiro atoms. The van der Waals surface area contributed by atoms with Crippen LogP contribution >= 0.6 is 0 Å². The standard InChI is InChI=1S/2C14H10N3O3S.Zn/c2*18-21(19,17-12-9-5-2-6-10-12)14-16-15-13(20-14)11-7-3-1-4-8-11;/h2*1-10H;/q2*-1;+2. The molecule has 0 saturated heterocycles. The van der Waals surface area contributed by atoms with E-state index in [-0.39, 0.29) is 31.3 Å². The molecule has 2 heterocycles. The molecule has 0 radical (unpaired) electrons. The molecule has 0 aliphatic heterocycles. The average Bonchev–Trinajstić information content (AvgIpc) is 3.71. The molecule has 43 heavy (non-hydrogen) atoms. The van der Waals surface area contributed by atoms with Crippen LogP contribution in [0.5, 0.6) is 0 Å². The molecule has 2 aromatic heterocycles. The molecular formula is C28H20N6O6S2Zn. The number of hydrogen-bond acceptors (Lipinski definition) is 10. The maximum atomic E-state index is 12.1. The zero-order valence-corrected chi connectivity index (χ0v) is 26.8. The van der Waals surface area contributed by atoms with E-state index in [1.807, 2.05) is 12.1 Å². The Bertz CT molecular complexity index is 1810. The number of nitrogens with zero attached hydrogens (tertiary/aromatic N) is 6. The Morgan fingerprint density at radius 3 is 1.07 bits per heavy atom. The minimum absolute atomic E-state index is 0. The Balaban J connectivity index is 0.000000192. The van der Waals surface area contributed by atoms with Gasteiger partial charge in [0.25, 0.3) is 0 Å². The van der Waals surface area contributed by atoms with Crippen molar-refractivity contribution >= 4 is 31.4 Å². The van der Waals surface area contributed by atoms with Gasteiger partial charge in [0.05, 0.1) is 0 Å². The largest absolute Gasteiger partial charge is 2.00 e. The van der Waals surface area contributed by atoms with E-state index in [2.05, 4.69) is 29.8 Å². The second kappa shape index (κ2) is 14.0. The fourth-order valence-corrected chi connectivity index (χ4v) is 4.97. The zero-order valence-electron chi connectivity index (χ0n) is 22.2. The van der Waals surface area contributed by atoms with Crippen molar-refractivity contribution < 1.29 is 45.1 Å². The van der Waals surface area contributed by atoms with E-state index in [1.54, 1.807) is 109 Å². The SMILES string of the molecule is O=S(=O)([N-]c1ccccc1)c1nnc(-c2ccccc2)o1.O=S(=O)([N-]c1ccccc1)c1nnc(-c2ccccc2)o1.[Zn+2]. The molecule has 0 bridgehead atoms. The van der Waals surface area contributed by atoms with Crippen LogP contribution in [0.15, 0.2) is 141 Å². The molecule has 0 saturated carbocycles. The monoisotopic (exact) mass is 664 g/mol. The van der Waals surface area contributed by atoms with Crippen molar-refractivity contribution in [3.63, 3.8) is 0 Å². The van der Waals surface area contributed by atoms with E-state index in [1.165, 1.54) is 0 Å². The van der Waals surface area contributed by atoms with Crippen molar-refractivity contribution in [3.05, 3.63) is 131 Å². The zero-order chi connectivity index (χ0) is 29.4. The average molecular weight is 666 g/mol. The Kier molecular flexibility index (Phi) is 10.1. The van der Waals surface area contributed by atoms with E-state index >= 15 is 0 Å². The fraction of sp³-hybridized carbons (Fsp3) is 0. The van der Waals surface area contributed by atoms with Crippen LogP contribution in [0, 0.1) is 0 Å². The van der Waals surface area contributed by atoms with Crippen LogP contribution in [0.1, 0.15) is 0 Å². The summed E-state index contributed by atoms with van der Waals surface area (Å²) in [4.78, 5) is 0. The molecule has 212 valence electrons. The van der Waals surface area contributed by atoms with Crippen LogP contribution in [0.25, 0.3) is 32.4 Å². The Labute approximate surface area is 260 Å². The summed E-state index contributed by atoms with van der Waals surface area (Å²) in [5, 5.41) is 13.6. The summed E-state index contributed by atoms with van der Waals surface area (Å²) in [6.45, 7) is 0. The number of rotatable bonds is 8. The minimum Gasteiger partial charge on any atom is -0.569 e.